The van der Waals surface area contributed by atoms with Gasteiger partial charge in [0, 0.05) is 18.8 Å². The molecule has 0 bridgehead atoms. The van der Waals surface area contributed by atoms with Crippen molar-refractivity contribution in [1.82, 2.24) is 10.3 Å². The molecule has 0 atom stereocenters. The Labute approximate surface area is 152 Å². The number of hydrogen-bond acceptors (Lipinski definition) is 5. The number of nitrogens with zero attached hydrogens (tertiary/aromatic N) is 2. The summed E-state index contributed by atoms with van der Waals surface area (Å²) < 4.78 is 5.91. The molecule has 2 aromatic rings. The molecule has 6 heteroatoms. The third kappa shape index (κ3) is 4.58. The minimum Gasteiger partial charge on any atom is -0.478 e. The summed E-state index contributed by atoms with van der Waals surface area (Å²) in [5.41, 5.74) is 1.84. The SMILES string of the molecule is N#Cc1cccnc1OC1CCC(NCc2ccc(C(=O)O)cc2)CC1. The maximum atomic E-state index is 10.9. The van der Waals surface area contributed by atoms with Crippen molar-refractivity contribution in [2.75, 3.05) is 0 Å². The largest absolute Gasteiger partial charge is 0.478 e. The molecule has 1 aromatic heterocycles. The fourth-order valence-corrected chi connectivity index (χ4v) is 3.14. The van der Waals surface area contributed by atoms with E-state index in [0.29, 0.717) is 23.0 Å². The van der Waals surface area contributed by atoms with E-state index in [1.165, 1.54) is 0 Å². The normalized spacial score (nSPS) is 19.5. The monoisotopic (exact) mass is 351 g/mol. The summed E-state index contributed by atoms with van der Waals surface area (Å²) in [4.78, 5) is 15.0. The van der Waals surface area contributed by atoms with Crippen LogP contribution >= 0.6 is 0 Å². The van der Waals surface area contributed by atoms with Gasteiger partial charge in [0.25, 0.3) is 0 Å². The maximum Gasteiger partial charge on any atom is 0.335 e. The first-order valence-corrected chi connectivity index (χ1v) is 8.73. The van der Waals surface area contributed by atoms with Crippen LogP contribution in [0.2, 0.25) is 0 Å². The van der Waals surface area contributed by atoms with E-state index in [9.17, 15) is 4.79 Å². The molecular weight excluding hydrogens is 330 g/mol. The number of carbonyl (C=O) groups is 1. The number of rotatable bonds is 6. The van der Waals surface area contributed by atoms with E-state index in [4.69, 9.17) is 15.1 Å². The first-order valence-electron chi connectivity index (χ1n) is 8.73. The molecule has 0 unspecified atom stereocenters. The molecule has 0 saturated heterocycles. The topological polar surface area (TPSA) is 95.2 Å². The Bertz CT molecular complexity index is 791. The third-order valence-electron chi connectivity index (χ3n) is 4.64. The number of nitrogens with one attached hydrogen (secondary N) is 1. The summed E-state index contributed by atoms with van der Waals surface area (Å²) in [6.45, 7) is 0.717. The lowest BCUT2D eigenvalue weighted by Gasteiger charge is -2.29. The molecule has 1 aliphatic carbocycles. The molecule has 1 aliphatic rings. The van der Waals surface area contributed by atoms with Gasteiger partial charge in [0.15, 0.2) is 0 Å². The van der Waals surface area contributed by atoms with Gasteiger partial charge in [0.05, 0.1) is 5.56 Å². The first-order chi connectivity index (χ1) is 12.7. The summed E-state index contributed by atoms with van der Waals surface area (Å²) >= 11 is 0. The summed E-state index contributed by atoms with van der Waals surface area (Å²) in [6, 6.07) is 12.9. The standard InChI is InChI=1S/C20H21N3O3/c21-12-16-2-1-11-22-19(16)26-18-9-7-17(8-10-18)23-13-14-3-5-15(6-4-14)20(24)25/h1-6,11,17-18,23H,7-10,13H2,(H,24,25). The van der Waals surface area contributed by atoms with Crippen LogP contribution in [0, 0.1) is 11.3 Å². The Morgan fingerprint density at radius 3 is 2.62 bits per heavy atom. The molecule has 1 heterocycles. The second-order valence-corrected chi connectivity index (χ2v) is 6.44. The molecule has 1 saturated carbocycles. The van der Waals surface area contributed by atoms with Crippen LogP contribution in [0.3, 0.4) is 0 Å². The van der Waals surface area contributed by atoms with Gasteiger partial charge >= 0.3 is 5.97 Å². The van der Waals surface area contributed by atoms with Crippen LogP contribution in [0.5, 0.6) is 5.88 Å². The van der Waals surface area contributed by atoms with Gasteiger partial charge in [-0.25, -0.2) is 9.78 Å². The average Bonchev–Trinajstić information content (AvgIpc) is 2.68. The number of benzene rings is 1. The predicted molar refractivity (Wildman–Crippen MR) is 95.9 cm³/mol. The highest BCUT2D eigenvalue weighted by Crippen LogP contribution is 2.24. The Morgan fingerprint density at radius 2 is 1.96 bits per heavy atom. The van der Waals surface area contributed by atoms with Gasteiger partial charge in [-0.05, 0) is 55.5 Å². The van der Waals surface area contributed by atoms with Crippen LogP contribution in [0.25, 0.3) is 0 Å². The van der Waals surface area contributed by atoms with Crippen molar-refractivity contribution < 1.29 is 14.6 Å². The van der Waals surface area contributed by atoms with Gasteiger partial charge < -0.3 is 15.2 Å². The molecule has 3 rings (SSSR count). The molecular formula is C20H21N3O3. The van der Waals surface area contributed by atoms with Crippen molar-refractivity contribution in [3.8, 4) is 11.9 Å². The van der Waals surface area contributed by atoms with Gasteiger partial charge in [-0.15, -0.1) is 0 Å². The molecule has 134 valence electrons. The van der Waals surface area contributed by atoms with Crippen molar-refractivity contribution in [3.05, 3.63) is 59.3 Å². The maximum absolute atomic E-state index is 10.9. The van der Waals surface area contributed by atoms with E-state index in [1.54, 1.807) is 30.5 Å². The average molecular weight is 351 g/mol. The Morgan fingerprint density at radius 1 is 1.23 bits per heavy atom. The highest BCUT2D eigenvalue weighted by molar-refractivity contribution is 5.87. The number of nitriles is 1. The zero-order valence-corrected chi connectivity index (χ0v) is 14.4. The zero-order chi connectivity index (χ0) is 18.4. The van der Waals surface area contributed by atoms with E-state index in [0.717, 1.165) is 37.8 Å². The smallest absolute Gasteiger partial charge is 0.335 e. The van der Waals surface area contributed by atoms with Crippen LogP contribution < -0.4 is 10.1 Å². The molecule has 0 amide bonds. The number of aromatic carboxylic acids is 1. The van der Waals surface area contributed by atoms with Gasteiger partial charge in [0.2, 0.25) is 5.88 Å². The fraction of sp³-hybridized carbons (Fsp3) is 0.350. The Kier molecular flexibility index (Phi) is 5.82. The van der Waals surface area contributed by atoms with E-state index >= 15 is 0 Å². The molecule has 2 N–H and O–H groups in total. The van der Waals surface area contributed by atoms with Gasteiger partial charge in [0.1, 0.15) is 17.7 Å². The number of carboxylic acids is 1. The predicted octanol–water partition coefficient (Wildman–Crippen LogP) is 3.13. The summed E-state index contributed by atoms with van der Waals surface area (Å²) in [5.74, 6) is -0.486. The lowest BCUT2D eigenvalue weighted by Crippen LogP contribution is -2.36. The lowest BCUT2D eigenvalue weighted by molar-refractivity contribution is 0.0697. The zero-order valence-electron chi connectivity index (χ0n) is 14.4. The molecule has 0 radical (unpaired) electrons. The Balaban J connectivity index is 1.45. The van der Waals surface area contributed by atoms with Crippen molar-refractivity contribution in [1.29, 1.82) is 5.26 Å². The van der Waals surface area contributed by atoms with E-state index in [2.05, 4.69) is 16.4 Å². The molecule has 6 nitrogen and oxygen atoms in total. The summed E-state index contributed by atoms with van der Waals surface area (Å²) in [7, 11) is 0. The molecule has 0 spiro atoms. The first kappa shape index (κ1) is 17.9. The van der Waals surface area contributed by atoms with Crippen LogP contribution in [0.4, 0.5) is 0 Å². The number of carboxylic acid groups (broad SMARTS) is 1. The minimum absolute atomic E-state index is 0.0879. The van der Waals surface area contributed by atoms with Crippen LogP contribution in [-0.2, 0) is 6.54 Å². The second-order valence-electron chi connectivity index (χ2n) is 6.44. The van der Waals surface area contributed by atoms with E-state index < -0.39 is 5.97 Å². The van der Waals surface area contributed by atoms with Crippen LogP contribution in [-0.4, -0.2) is 28.2 Å². The van der Waals surface area contributed by atoms with E-state index in [1.807, 2.05) is 12.1 Å². The molecule has 0 aliphatic heterocycles. The number of ether oxygens (including phenoxy) is 1. The minimum atomic E-state index is -0.907. The summed E-state index contributed by atoms with van der Waals surface area (Å²) in [6.07, 6.45) is 5.54. The number of hydrogen-bond donors (Lipinski definition) is 2. The fourth-order valence-electron chi connectivity index (χ4n) is 3.14. The second kappa shape index (κ2) is 8.45. The number of pyridine rings is 1. The van der Waals surface area contributed by atoms with Gasteiger partial charge in [-0.3, -0.25) is 0 Å². The molecule has 1 fully saturated rings. The van der Waals surface area contributed by atoms with E-state index in [-0.39, 0.29) is 6.10 Å². The van der Waals surface area contributed by atoms with Crippen molar-refractivity contribution in [2.45, 2.75) is 44.4 Å². The van der Waals surface area contributed by atoms with Crippen molar-refractivity contribution in [3.63, 3.8) is 0 Å². The summed E-state index contributed by atoms with van der Waals surface area (Å²) in [5, 5.41) is 21.5. The van der Waals surface area contributed by atoms with Crippen LogP contribution in [0.15, 0.2) is 42.6 Å². The number of aromatic nitrogens is 1. The van der Waals surface area contributed by atoms with Gasteiger partial charge in [-0.2, -0.15) is 5.26 Å². The van der Waals surface area contributed by atoms with Crippen LogP contribution in [0.1, 0.15) is 47.2 Å². The van der Waals surface area contributed by atoms with Crippen molar-refractivity contribution in [2.24, 2.45) is 0 Å². The highest BCUT2D eigenvalue weighted by Gasteiger charge is 2.23. The molecule has 1 aromatic carbocycles. The molecule has 26 heavy (non-hydrogen) atoms. The Hall–Kier alpha value is -2.91. The quantitative estimate of drug-likeness (QED) is 0.830. The van der Waals surface area contributed by atoms with Crippen molar-refractivity contribution >= 4 is 5.97 Å². The highest BCUT2D eigenvalue weighted by atomic mass is 16.5. The third-order valence-corrected chi connectivity index (χ3v) is 4.64. The van der Waals surface area contributed by atoms with Gasteiger partial charge in [-0.1, -0.05) is 12.1 Å². The lowest BCUT2D eigenvalue weighted by atomic mass is 9.92.